The van der Waals surface area contributed by atoms with Crippen molar-refractivity contribution >= 4 is 52.9 Å². The fourth-order valence-corrected chi connectivity index (χ4v) is 9.83. The fourth-order valence-electron chi connectivity index (χ4n) is 6.32. The Morgan fingerprint density at radius 1 is 0.837 bits per heavy atom. The lowest BCUT2D eigenvalue weighted by atomic mass is 9.79. The molecule has 0 aliphatic carbocycles. The number of hydrogen-bond donors (Lipinski definition) is 2. The van der Waals surface area contributed by atoms with Crippen LogP contribution >= 0.6 is 22.2 Å². The molecule has 43 heavy (non-hydrogen) atoms. The summed E-state index contributed by atoms with van der Waals surface area (Å²) in [4.78, 5) is 51.0. The predicted molar refractivity (Wildman–Crippen MR) is 169 cm³/mol. The number of hydrogen-bond acceptors (Lipinski definition) is 9. The molecule has 5 unspecified atom stereocenters. The van der Waals surface area contributed by atoms with E-state index < -0.39 is 24.0 Å². The van der Waals surface area contributed by atoms with Crippen molar-refractivity contribution in [1.82, 2.24) is 9.80 Å². The van der Waals surface area contributed by atoms with Crippen molar-refractivity contribution < 1.29 is 38.9 Å². The van der Waals surface area contributed by atoms with Crippen LogP contribution < -0.4 is 0 Å². The minimum Gasteiger partial charge on any atom is -0.411 e. The second kappa shape index (κ2) is 14.8. The van der Waals surface area contributed by atoms with Gasteiger partial charge in [-0.05, 0) is 50.0 Å². The van der Waals surface area contributed by atoms with Gasteiger partial charge in [-0.25, -0.2) is 0 Å². The summed E-state index contributed by atoms with van der Waals surface area (Å²) in [6, 6.07) is -0.206. The molecule has 2 N–H and O–H groups in total. The van der Waals surface area contributed by atoms with Gasteiger partial charge in [0.15, 0.2) is 0 Å². The van der Waals surface area contributed by atoms with Gasteiger partial charge in [0.05, 0.1) is 41.0 Å². The van der Waals surface area contributed by atoms with Crippen LogP contribution in [0.25, 0.3) is 0 Å². The van der Waals surface area contributed by atoms with Crippen LogP contribution in [0.3, 0.4) is 0 Å². The summed E-state index contributed by atoms with van der Waals surface area (Å²) in [5.41, 5.74) is 0. The Bertz CT molecular complexity index is 1160. The lowest BCUT2D eigenvalue weighted by molar-refractivity contribution is -0.166. The van der Waals surface area contributed by atoms with E-state index in [1.54, 1.807) is 25.6 Å². The van der Waals surface area contributed by atoms with Crippen LogP contribution in [0.5, 0.6) is 0 Å². The topological polar surface area (TPSA) is 134 Å². The number of nitrogens with zero attached hydrogens (tertiary/aromatic N) is 2. The molecule has 10 nitrogen and oxygen atoms in total. The van der Waals surface area contributed by atoms with E-state index in [4.69, 9.17) is 9.47 Å². The summed E-state index contributed by atoms with van der Waals surface area (Å²) < 4.78 is 10.2. The van der Waals surface area contributed by atoms with E-state index in [2.05, 4.69) is 33.6 Å². The molecule has 0 aromatic heterocycles. The SMILES string of the molecule is C=S(CCC(C)C)C1=C(OC=O)N2C(=O)C(C(C)O)C2C1C.CC(C)CCSC1=C(OC=O)N2C(=O)[C@H]([C@@H](C)O)[C@H]2[C@H]1C. The Morgan fingerprint density at radius 3 is 1.77 bits per heavy atom. The number of aliphatic hydroxyl groups is 2. The number of rotatable bonds is 14. The minimum atomic E-state index is -0.699. The van der Waals surface area contributed by atoms with Gasteiger partial charge < -0.3 is 19.7 Å². The summed E-state index contributed by atoms with van der Waals surface area (Å²) in [5.74, 6) is 7.01. The van der Waals surface area contributed by atoms with Crippen LogP contribution in [0.2, 0.25) is 0 Å². The number of carbonyl (C=O) groups excluding carboxylic acids is 4. The molecule has 242 valence electrons. The smallest absolute Gasteiger partial charge is 0.299 e. The van der Waals surface area contributed by atoms with E-state index in [0.717, 1.165) is 34.2 Å². The highest BCUT2D eigenvalue weighted by molar-refractivity contribution is 8.17. The second-order valence-electron chi connectivity index (χ2n) is 12.7. The third kappa shape index (κ3) is 6.92. The highest BCUT2D eigenvalue weighted by Gasteiger charge is 2.60. The molecular formula is C31H48N2O8S2. The molecule has 2 saturated heterocycles. The van der Waals surface area contributed by atoms with Crippen molar-refractivity contribution in [3.63, 3.8) is 0 Å². The third-order valence-electron chi connectivity index (χ3n) is 8.65. The number of β-lactam (4-membered cyclic amide) rings is 2. The molecular weight excluding hydrogens is 592 g/mol. The predicted octanol–water partition coefficient (Wildman–Crippen LogP) is 3.90. The maximum absolute atomic E-state index is 12.3. The van der Waals surface area contributed by atoms with Crippen molar-refractivity contribution in [2.75, 3.05) is 11.5 Å². The van der Waals surface area contributed by atoms with Crippen LogP contribution in [-0.4, -0.2) is 86.4 Å². The molecule has 4 aliphatic heterocycles. The number of fused-ring (bicyclic) bond motifs is 2. The van der Waals surface area contributed by atoms with E-state index in [1.165, 1.54) is 9.80 Å². The summed E-state index contributed by atoms with van der Waals surface area (Å²) in [6.07, 6.45) is 0.720. The highest BCUT2D eigenvalue weighted by atomic mass is 32.2. The molecule has 0 aromatic rings. The van der Waals surface area contributed by atoms with Gasteiger partial charge >= 0.3 is 0 Å². The van der Waals surface area contributed by atoms with E-state index >= 15 is 0 Å². The van der Waals surface area contributed by atoms with Gasteiger partial charge in [0.2, 0.25) is 23.6 Å². The molecule has 9 atom stereocenters. The zero-order valence-corrected chi connectivity index (χ0v) is 28.2. The van der Waals surface area contributed by atoms with E-state index in [0.29, 0.717) is 36.5 Å². The first-order chi connectivity index (χ1) is 20.2. The molecule has 12 heteroatoms. The number of aliphatic hydroxyl groups excluding tert-OH is 2. The first-order valence-corrected chi connectivity index (χ1v) is 17.6. The summed E-state index contributed by atoms with van der Waals surface area (Å²) >= 11 is 1.65. The molecule has 0 aromatic carbocycles. The minimum absolute atomic E-state index is 0.0558. The normalized spacial score (nSPS) is 29.9. The summed E-state index contributed by atoms with van der Waals surface area (Å²) in [5, 5.41) is 19.6. The first kappa shape index (κ1) is 35.3. The molecule has 4 heterocycles. The van der Waals surface area contributed by atoms with Gasteiger partial charge in [0.1, 0.15) is 0 Å². The van der Waals surface area contributed by atoms with Gasteiger partial charge in [-0.3, -0.25) is 29.0 Å². The van der Waals surface area contributed by atoms with E-state index in [-0.39, 0.29) is 46.2 Å². The Kier molecular flexibility index (Phi) is 12.1. The van der Waals surface area contributed by atoms with Gasteiger partial charge in [-0.15, -0.1) is 11.8 Å². The number of amides is 2. The van der Waals surface area contributed by atoms with Crippen LogP contribution in [0.15, 0.2) is 21.6 Å². The van der Waals surface area contributed by atoms with Crippen molar-refractivity contribution in [1.29, 1.82) is 0 Å². The van der Waals surface area contributed by atoms with E-state index in [9.17, 15) is 29.4 Å². The van der Waals surface area contributed by atoms with Gasteiger partial charge in [0, 0.05) is 16.7 Å². The molecule has 0 radical (unpaired) electrons. The third-order valence-corrected chi connectivity index (χ3v) is 11.8. The standard InChI is InChI=1S/C16H25NO4S.C15H23NO4S/c1-9(2)6-7-22(5)14-10(3)13-12(11(4)19)15(20)17(13)16(14)21-8-18;1-8(2)5-6-21-13-9(3)12-11(10(4)18)14(19)16(12)15(13)20-7-17/h8-13,19H,5-7H2,1-4H3;7-12,18H,5-6H2,1-4H3/t;9-,10-,11-,12-/m.1/s1. The Labute approximate surface area is 262 Å². The van der Waals surface area contributed by atoms with Crippen LogP contribution in [0, 0.1) is 35.5 Å². The maximum Gasteiger partial charge on any atom is 0.299 e. The quantitative estimate of drug-likeness (QED) is 0.165. The number of carbonyl (C=O) groups is 4. The Balaban J connectivity index is 0.000000236. The lowest BCUT2D eigenvalue weighted by Gasteiger charge is -2.45. The van der Waals surface area contributed by atoms with Crippen molar-refractivity contribution in [2.45, 2.75) is 92.5 Å². The van der Waals surface area contributed by atoms with Gasteiger partial charge in [-0.1, -0.05) is 47.4 Å². The zero-order valence-electron chi connectivity index (χ0n) is 26.5. The van der Waals surface area contributed by atoms with Crippen LogP contribution in [0.4, 0.5) is 0 Å². The average molecular weight is 641 g/mol. The molecule has 0 bridgehead atoms. The monoisotopic (exact) mass is 640 g/mol. The van der Waals surface area contributed by atoms with E-state index in [1.807, 2.05) is 13.8 Å². The average Bonchev–Trinajstić information content (AvgIpc) is 3.27. The summed E-state index contributed by atoms with van der Waals surface area (Å²) in [7, 11) is -0.302. The highest BCUT2D eigenvalue weighted by Crippen LogP contribution is 2.53. The van der Waals surface area contributed by atoms with Crippen molar-refractivity contribution in [3.8, 4) is 0 Å². The van der Waals surface area contributed by atoms with Crippen molar-refractivity contribution in [3.05, 3.63) is 21.6 Å². The maximum atomic E-state index is 12.3. The molecule has 4 rings (SSSR count). The Morgan fingerprint density at radius 2 is 1.30 bits per heavy atom. The second-order valence-corrected chi connectivity index (χ2v) is 15.7. The van der Waals surface area contributed by atoms with Crippen molar-refractivity contribution in [2.24, 2.45) is 35.5 Å². The van der Waals surface area contributed by atoms with Crippen LogP contribution in [0.1, 0.15) is 68.2 Å². The molecule has 4 aliphatic rings. The number of ether oxygens (including phenoxy) is 2. The fraction of sp³-hybridized carbons (Fsp3) is 0.710. The lowest BCUT2D eigenvalue weighted by Crippen LogP contribution is -2.63. The zero-order chi connectivity index (χ0) is 32.3. The van der Waals surface area contributed by atoms with Gasteiger partial charge in [0.25, 0.3) is 12.9 Å². The largest absolute Gasteiger partial charge is 0.411 e. The molecule has 2 amide bonds. The molecule has 0 saturated carbocycles. The molecule has 2 fully saturated rings. The summed E-state index contributed by atoms with van der Waals surface area (Å²) in [6.45, 7) is 16.7. The number of thioether (sulfide) groups is 1. The van der Waals surface area contributed by atoms with Crippen LogP contribution in [-0.2, 0) is 28.7 Å². The Hall–Kier alpha value is -2.15. The van der Waals surface area contributed by atoms with Gasteiger partial charge in [-0.2, -0.15) is 10.5 Å². The first-order valence-electron chi connectivity index (χ1n) is 15.1. The molecule has 0 spiro atoms.